The third kappa shape index (κ3) is 3.79. The Kier molecular flexibility index (Phi) is 5.42. The smallest absolute Gasteiger partial charge is 0.255 e. The summed E-state index contributed by atoms with van der Waals surface area (Å²) in [5, 5.41) is 4.05. The Bertz CT molecular complexity index is 980. The number of rotatable bonds is 6. The molecule has 144 valence electrons. The second-order valence-corrected chi connectivity index (χ2v) is 7.06. The zero-order valence-electron chi connectivity index (χ0n) is 16.1. The normalized spacial score (nSPS) is 13.7. The number of carbonyl (C=O) groups is 1. The number of amides is 1. The lowest BCUT2D eigenvalue weighted by Crippen LogP contribution is -2.29. The number of methoxy groups -OCH3 is 1. The second kappa shape index (κ2) is 8.30. The van der Waals surface area contributed by atoms with E-state index in [0.717, 1.165) is 60.4 Å². The van der Waals surface area contributed by atoms with Crippen LogP contribution in [0.25, 0.3) is 10.9 Å². The Morgan fingerprint density at radius 2 is 1.86 bits per heavy atom. The standard InChI is InChI=1S/C23H25N3O2/c1-28-21-11-5-3-8-17(21)12-13-24-23(27)19-16-18-9-2-4-10-20(18)25-22(19)26-14-6-7-15-26/h2-5,8-11,16H,6-7,12-15H2,1H3,(H,24,27). The number of aromatic nitrogens is 1. The van der Waals surface area contributed by atoms with Crippen LogP contribution in [0.3, 0.4) is 0 Å². The number of pyridine rings is 1. The largest absolute Gasteiger partial charge is 0.496 e. The first-order valence-corrected chi connectivity index (χ1v) is 9.81. The van der Waals surface area contributed by atoms with Crippen molar-refractivity contribution < 1.29 is 9.53 Å². The summed E-state index contributed by atoms with van der Waals surface area (Å²) in [6, 6.07) is 17.8. The maximum Gasteiger partial charge on any atom is 0.255 e. The van der Waals surface area contributed by atoms with Crippen LogP contribution in [0.5, 0.6) is 5.75 Å². The van der Waals surface area contributed by atoms with E-state index < -0.39 is 0 Å². The van der Waals surface area contributed by atoms with Crippen LogP contribution in [-0.2, 0) is 6.42 Å². The molecule has 0 spiro atoms. The van der Waals surface area contributed by atoms with Gasteiger partial charge in [-0.05, 0) is 43.0 Å². The van der Waals surface area contributed by atoms with E-state index in [9.17, 15) is 4.79 Å². The highest BCUT2D eigenvalue weighted by Gasteiger charge is 2.22. The molecule has 0 bridgehead atoms. The second-order valence-electron chi connectivity index (χ2n) is 7.06. The molecule has 0 radical (unpaired) electrons. The third-order valence-electron chi connectivity index (χ3n) is 5.23. The van der Waals surface area contributed by atoms with Gasteiger partial charge in [-0.15, -0.1) is 0 Å². The van der Waals surface area contributed by atoms with Crippen LogP contribution < -0.4 is 15.0 Å². The maximum atomic E-state index is 13.0. The molecule has 1 N–H and O–H groups in total. The summed E-state index contributed by atoms with van der Waals surface area (Å²) in [5.74, 6) is 1.57. The summed E-state index contributed by atoms with van der Waals surface area (Å²) >= 11 is 0. The summed E-state index contributed by atoms with van der Waals surface area (Å²) < 4.78 is 5.39. The van der Waals surface area contributed by atoms with Crippen molar-refractivity contribution in [3.63, 3.8) is 0 Å². The van der Waals surface area contributed by atoms with Gasteiger partial charge in [0.1, 0.15) is 11.6 Å². The fraction of sp³-hybridized carbons (Fsp3) is 0.304. The van der Waals surface area contributed by atoms with Crippen LogP contribution in [-0.4, -0.2) is 37.6 Å². The van der Waals surface area contributed by atoms with Gasteiger partial charge < -0.3 is 15.0 Å². The first kappa shape index (κ1) is 18.3. The van der Waals surface area contributed by atoms with Gasteiger partial charge in [0.05, 0.1) is 18.2 Å². The minimum absolute atomic E-state index is 0.0740. The Morgan fingerprint density at radius 1 is 1.11 bits per heavy atom. The summed E-state index contributed by atoms with van der Waals surface area (Å²) in [6.45, 7) is 2.45. The average Bonchev–Trinajstić information content (AvgIpc) is 3.28. The fourth-order valence-corrected chi connectivity index (χ4v) is 3.76. The lowest BCUT2D eigenvalue weighted by atomic mass is 10.1. The highest BCUT2D eigenvalue weighted by Crippen LogP contribution is 2.26. The minimum atomic E-state index is -0.0740. The molecule has 0 unspecified atom stereocenters. The van der Waals surface area contributed by atoms with E-state index >= 15 is 0 Å². The molecule has 1 saturated heterocycles. The molecular weight excluding hydrogens is 350 g/mol. The number of hydrogen-bond acceptors (Lipinski definition) is 4. The molecule has 2 aromatic carbocycles. The van der Waals surface area contributed by atoms with E-state index in [1.165, 1.54) is 0 Å². The molecule has 3 aromatic rings. The van der Waals surface area contributed by atoms with Crippen molar-refractivity contribution in [1.29, 1.82) is 0 Å². The number of nitrogens with zero attached hydrogens (tertiary/aromatic N) is 2. The van der Waals surface area contributed by atoms with Gasteiger partial charge in [-0.3, -0.25) is 4.79 Å². The highest BCUT2D eigenvalue weighted by atomic mass is 16.5. The van der Waals surface area contributed by atoms with E-state index in [4.69, 9.17) is 9.72 Å². The molecule has 1 fully saturated rings. The third-order valence-corrected chi connectivity index (χ3v) is 5.23. The molecule has 1 aromatic heterocycles. The van der Waals surface area contributed by atoms with Gasteiger partial charge in [-0.1, -0.05) is 36.4 Å². The van der Waals surface area contributed by atoms with E-state index in [1.54, 1.807) is 7.11 Å². The van der Waals surface area contributed by atoms with Crippen LogP contribution >= 0.6 is 0 Å². The molecule has 5 nitrogen and oxygen atoms in total. The molecule has 0 saturated carbocycles. The van der Waals surface area contributed by atoms with Crippen LogP contribution in [0.4, 0.5) is 5.82 Å². The van der Waals surface area contributed by atoms with Crippen molar-refractivity contribution >= 4 is 22.6 Å². The van der Waals surface area contributed by atoms with E-state index in [0.29, 0.717) is 12.1 Å². The lowest BCUT2D eigenvalue weighted by Gasteiger charge is -2.20. The topological polar surface area (TPSA) is 54.5 Å². The van der Waals surface area contributed by atoms with Crippen molar-refractivity contribution in [3.8, 4) is 5.75 Å². The summed E-state index contributed by atoms with van der Waals surface area (Å²) in [7, 11) is 1.67. The number of ether oxygens (including phenoxy) is 1. The van der Waals surface area contributed by atoms with E-state index in [1.807, 2.05) is 54.6 Å². The number of hydrogen-bond donors (Lipinski definition) is 1. The number of carbonyl (C=O) groups excluding carboxylic acids is 1. The number of para-hydroxylation sites is 2. The SMILES string of the molecule is COc1ccccc1CCNC(=O)c1cc2ccccc2nc1N1CCCC1. The molecule has 28 heavy (non-hydrogen) atoms. The van der Waals surface area contributed by atoms with Gasteiger partial charge in [0.2, 0.25) is 0 Å². The Morgan fingerprint density at radius 3 is 2.68 bits per heavy atom. The van der Waals surface area contributed by atoms with Crippen molar-refractivity contribution in [2.24, 2.45) is 0 Å². The molecule has 0 aliphatic carbocycles. The van der Waals surface area contributed by atoms with Gasteiger partial charge in [-0.25, -0.2) is 4.98 Å². The minimum Gasteiger partial charge on any atom is -0.496 e. The Hall–Kier alpha value is -3.08. The van der Waals surface area contributed by atoms with Crippen LogP contribution in [0, 0.1) is 0 Å². The van der Waals surface area contributed by atoms with Crippen LogP contribution in [0.2, 0.25) is 0 Å². The molecule has 5 heteroatoms. The van der Waals surface area contributed by atoms with Crippen molar-refractivity contribution in [1.82, 2.24) is 10.3 Å². The summed E-state index contributed by atoms with van der Waals surface area (Å²) in [4.78, 5) is 20.0. The van der Waals surface area contributed by atoms with Gasteiger partial charge in [-0.2, -0.15) is 0 Å². The predicted octanol–water partition coefficient (Wildman–Crippen LogP) is 3.82. The average molecular weight is 375 g/mol. The quantitative estimate of drug-likeness (QED) is 0.712. The molecule has 1 aliphatic heterocycles. The maximum absolute atomic E-state index is 13.0. The molecule has 1 amide bonds. The predicted molar refractivity (Wildman–Crippen MR) is 112 cm³/mol. The highest BCUT2D eigenvalue weighted by molar-refractivity contribution is 6.02. The fourth-order valence-electron chi connectivity index (χ4n) is 3.76. The van der Waals surface area contributed by atoms with Gasteiger partial charge >= 0.3 is 0 Å². The molecule has 4 rings (SSSR count). The number of fused-ring (bicyclic) bond motifs is 1. The first-order chi connectivity index (χ1) is 13.8. The zero-order valence-corrected chi connectivity index (χ0v) is 16.1. The van der Waals surface area contributed by atoms with Crippen LogP contribution in [0.15, 0.2) is 54.6 Å². The summed E-state index contributed by atoms with van der Waals surface area (Å²) in [6.07, 6.45) is 3.00. The van der Waals surface area contributed by atoms with Crippen molar-refractivity contribution in [2.45, 2.75) is 19.3 Å². The Balaban J connectivity index is 1.55. The van der Waals surface area contributed by atoms with E-state index in [2.05, 4.69) is 10.2 Å². The number of benzene rings is 2. The lowest BCUT2D eigenvalue weighted by molar-refractivity contribution is 0.0954. The van der Waals surface area contributed by atoms with Crippen molar-refractivity contribution in [3.05, 3.63) is 65.7 Å². The zero-order chi connectivity index (χ0) is 19.3. The number of anilines is 1. The van der Waals surface area contributed by atoms with Gasteiger partial charge in [0.25, 0.3) is 5.91 Å². The van der Waals surface area contributed by atoms with Gasteiger partial charge in [0.15, 0.2) is 0 Å². The van der Waals surface area contributed by atoms with Crippen LogP contribution in [0.1, 0.15) is 28.8 Å². The van der Waals surface area contributed by atoms with E-state index in [-0.39, 0.29) is 5.91 Å². The molecular formula is C23H25N3O2. The first-order valence-electron chi connectivity index (χ1n) is 9.81. The monoisotopic (exact) mass is 375 g/mol. The number of nitrogens with one attached hydrogen (secondary N) is 1. The summed E-state index contributed by atoms with van der Waals surface area (Å²) in [5.41, 5.74) is 2.66. The van der Waals surface area contributed by atoms with Crippen molar-refractivity contribution in [2.75, 3.05) is 31.6 Å². The van der Waals surface area contributed by atoms with Gasteiger partial charge in [0, 0.05) is 25.0 Å². The molecule has 1 aliphatic rings. The Labute approximate surface area is 165 Å². The molecule has 2 heterocycles. The molecule has 0 atom stereocenters.